The first kappa shape index (κ1) is 20.5. The van der Waals surface area contributed by atoms with Crippen LogP contribution in [0, 0.1) is 6.92 Å². The fourth-order valence-electron chi connectivity index (χ4n) is 3.07. The quantitative estimate of drug-likeness (QED) is 0.639. The van der Waals surface area contributed by atoms with Crippen LogP contribution < -0.4 is 10.6 Å². The molecule has 1 aliphatic carbocycles. The zero-order valence-electron chi connectivity index (χ0n) is 15.5. The van der Waals surface area contributed by atoms with Gasteiger partial charge in [-0.3, -0.25) is 9.59 Å². The molecule has 3 rings (SSSR count). The second-order valence-corrected chi connectivity index (χ2v) is 8.50. The van der Waals surface area contributed by atoms with E-state index in [2.05, 4.69) is 26.6 Å². The number of carbonyl (C=O) groups is 3. The summed E-state index contributed by atoms with van der Waals surface area (Å²) in [4.78, 5) is 37.4. The van der Waals surface area contributed by atoms with E-state index in [0.29, 0.717) is 11.3 Å². The van der Waals surface area contributed by atoms with Crippen LogP contribution >= 0.6 is 27.3 Å². The number of hydrogen-bond donors (Lipinski definition) is 2. The van der Waals surface area contributed by atoms with E-state index in [0.717, 1.165) is 41.3 Å². The molecule has 0 bridgehead atoms. The summed E-state index contributed by atoms with van der Waals surface area (Å²) in [5, 5.41) is 7.00. The molecule has 1 aromatic heterocycles. The van der Waals surface area contributed by atoms with Gasteiger partial charge in [-0.1, -0.05) is 15.9 Å². The van der Waals surface area contributed by atoms with Crippen LogP contribution in [0.2, 0.25) is 0 Å². The van der Waals surface area contributed by atoms with E-state index in [1.807, 2.05) is 24.4 Å². The van der Waals surface area contributed by atoms with Crippen LogP contribution in [-0.4, -0.2) is 30.9 Å². The summed E-state index contributed by atoms with van der Waals surface area (Å²) < 4.78 is 6.04. The molecule has 0 saturated carbocycles. The van der Waals surface area contributed by atoms with Gasteiger partial charge in [0, 0.05) is 20.4 Å². The van der Waals surface area contributed by atoms with Crippen LogP contribution in [0.1, 0.15) is 39.2 Å². The Labute approximate surface area is 175 Å². The third kappa shape index (κ3) is 5.20. The van der Waals surface area contributed by atoms with E-state index in [9.17, 15) is 14.4 Å². The van der Waals surface area contributed by atoms with E-state index >= 15 is 0 Å². The van der Waals surface area contributed by atoms with Crippen molar-refractivity contribution in [2.24, 2.45) is 0 Å². The molecule has 6 nitrogen and oxygen atoms in total. The van der Waals surface area contributed by atoms with Gasteiger partial charge in [-0.25, -0.2) is 4.79 Å². The van der Waals surface area contributed by atoms with Crippen LogP contribution in [0.25, 0.3) is 0 Å². The molecular weight excluding hydrogens is 444 g/mol. The van der Waals surface area contributed by atoms with Crippen LogP contribution in [-0.2, 0) is 27.2 Å². The number of carbonyl (C=O) groups excluding carboxylic acids is 3. The van der Waals surface area contributed by atoms with Crippen molar-refractivity contribution in [3.8, 4) is 0 Å². The fourth-order valence-corrected chi connectivity index (χ4v) is 4.66. The van der Waals surface area contributed by atoms with Crippen molar-refractivity contribution in [3.63, 3.8) is 0 Å². The summed E-state index contributed by atoms with van der Waals surface area (Å²) in [6.07, 6.45) is 4.09. The SMILES string of the molecule is Cc1cc(Br)ccc1NC(=O)CNC(=O)COC(=O)c1csc2c1CCCC2. The molecule has 0 unspecified atom stereocenters. The highest BCUT2D eigenvalue weighted by Gasteiger charge is 2.21. The van der Waals surface area contributed by atoms with Gasteiger partial charge in [0.15, 0.2) is 6.61 Å². The van der Waals surface area contributed by atoms with Gasteiger partial charge in [0.1, 0.15) is 0 Å². The molecule has 0 fully saturated rings. The van der Waals surface area contributed by atoms with E-state index in [-0.39, 0.29) is 12.5 Å². The molecule has 2 aromatic rings. The molecule has 2 N–H and O–H groups in total. The summed E-state index contributed by atoms with van der Waals surface area (Å²) in [6, 6.07) is 5.49. The molecular formula is C20H21BrN2O4S. The van der Waals surface area contributed by atoms with Crippen molar-refractivity contribution < 1.29 is 19.1 Å². The standard InChI is InChI=1S/C20H21BrN2O4S/c1-12-8-13(21)6-7-16(12)23-18(24)9-22-19(25)10-27-20(26)15-11-28-17-5-3-2-4-14(15)17/h6-8,11H,2-5,9-10H2,1H3,(H,22,25)(H,23,24). The number of hydrogen-bond acceptors (Lipinski definition) is 5. The Balaban J connectivity index is 1.43. The smallest absolute Gasteiger partial charge is 0.339 e. The lowest BCUT2D eigenvalue weighted by molar-refractivity contribution is -0.126. The average Bonchev–Trinajstić information content (AvgIpc) is 3.11. The number of nitrogens with one attached hydrogen (secondary N) is 2. The molecule has 1 aromatic carbocycles. The predicted molar refractivity (Wildman–Crippen MR) is 112 cm³/mol. The molecule has 8 heteroatoms. The van der Waals surface area contributed by atoms with Crippen molar-refractivity contribution in [2.75, 3.05) is 18.5 Å². The molecule has 1 aliphatic rings. The highest BCUT2D eigenvalue weighted by Crippen LogP contribution is 2.30. The Morgan fingerprint density at radius 1 is 1.18 bits per heavy atom. The number of esters is 1. The monoisotopic (exact) mass is 464 g/mol. The van der Waals surface area contributed by atoms with Crippen molar-refractivity contribution >= 4 is 50.7 Å². The zero-order chi connectivity index (χ0) is 20.1. The molecule has 148 valence electrons. The summed E-state index contributed by atoms with van der Waals surface area (Å²) in [5.74, 6) is -1.35. The Hall–Kier alpha value is -2.19. The Kier molecular flexibility index (Phi) is 6.85. The van der Waals surface area contributed by atoms with Gasteiger partial charge in [-0.05, 0) is 61.9 Å². The number of anilines is 1. The number of rotatable bonds is 6. The van der Waals surface area contributed by atoms with Gasteiger partial charge in [0.2, 0.25) is 5.91 Å². The summed E-state index contributed by atoms with van der Waals surface area (Å²) in [5.41, 5.74) is 3.21. The minimum atomic E-state index is -0.514. The number of halogens is 1. The number of thiophene rings is 1. The van der Waals surface area contributed by atoms with Crippen LogP contribution in [0.5, 0.6) is 0 Å². The van der Waals surface area contributed by atoms with Crippen molar-refractivity contribution in [1.82, 2.24) is 5.32 Å². The minimum Gasteiger partial charge on any atom is -0.452 e. The first-order valence-electron chi connectivity index (χ1n) is 9.03. The number of ether oxygens (including phenoxy) is 1. The number of benzene rings is 1. The van der Waals surface area contributed by atoms with Gasteiger partial charge >= 0.3 is 5.97 Å². The maximum absolute atomic E-state index is 12.2. The van der Waals surface area contributed by atoms with E-state index in [1.165, 1.54) is 4.88 Å². The largest absolute Gasteiger partial charge is 0.452 e. The predicted octanol–water partition coefficient (Wildman–Crippen LogP) is 3.61. The van der Waals surface area contributed by atoms with Crippen molar-refractivity contribution in [3.05, 3.63) is 49.6 Å². The third-order valence-electron chi connectivity index (χ3n) is 4.52. The number of aryl methyl sites for hydroxylation is 2. The van der Waals surface area contributed by atoms with Gasteiger partial charge in [-0.15, -0.1) is 11.3 Å². The van der Waals surface area contributed by atoms with Crippen LogP contribution in [0.15, 0.2) is 28.1 Å². The molecule has 0 saturated heterocycles. The minimum absolute atomic E-state index is 0.195. The molecule has 0 aliphatic heterocycles. The lowest BCUT2D eigenvalue weighted by Crippen LogP contribution is -2.35. The van der Waals surface area contributed by atoms with Crippen molar-refractivity contribution in [2.45, 2.75) is 32.6 Å². The Morgan fingerprint density at radius 3 is 2.75 bits per heavy atom. The van der Waals surface area contributed by atoms with E-state index < -0.39 is 18.5 Å². The van der Waals surface area contributed by atoms with Gasteiger partial charge in [0.25, 0.3) is 5.91 Å². The van der Waals surface area contributed by atoms with E-state index in [1.54, 1.807) is 17.4 Å². The molecule has 0 atom stereocenters. The van der Waals surface area contributed by atoms with Crippen molar-refractivity contribution in [1.29, 1.82) is 0 Å². The number of amides is 2. The third-order valence-corrected chi connectivity index (χ3v) is 6.11. The summed E-state index contributed by atoms with van der Waals surface area (Å²) >= 11 is 4.94. The van der Waals surface area contributed by atoms with Crippen LogP contribution in [0.3, 0.4) is 0 Å². The lowest BCUT2D eigenvalue weighted by Gasteiger charge is -2.12. The van der Waals surface area contributed by atoms with Gasteiger partial charge in [0.05, 0.1) is 12.1 Å². The fraction of sp³-hybridized carbons (Fsp3) is 0.350. The van der Waals surface area contributed by atoms with Gasteiger partial charge in [-0.2, -0.15) is 0 Å². The topological polar surface area (TPSA) is 84.5 Å². The number of fused-ring (bicyclic) bond motifs is 1. The normalized spacial score (nSPS) is 12.8. The lowest BCUT2D eigenvalue weighted by atomic mass is 9.96. The molecule has 28 heavy (non-hydrogen) atoms. The molecule has 1 heterocycles. The average molecular weight is 465 g/mol. The highest BCUT2D eigenvalue weighted by molar-refractivity contribution is 9.10. The highest BCUT2D eigenvalue weighted by atomic mass is 79.9. The second-order valence-electron chi connectivity index (χ2n) is 6.62. The second kappa shape index (κ2) is 9.34. The molecule has 0 radical (unpaired) electrons. The first-order chi connectivity index (χ1) is 13.4. The van der Waals surface area contributed by atoms with E-state index in [4.69, 9.17) is 4.74 Å². The zero-order valence-corrected chi connectivity index (χ0v) is 17.9. The first-order valence-corrected chi connectivity index (χ1v) is 10.7. The Bertz CT molecular complexity index is 910. The molecule has 0 spiro atoms. The maximum Gasteiger partial charge on any atom is 0.339 e. The van der Waals surface area contributed by atoms with Gasteiger partial charge < -0.3 is 15.4 Å². The summed E-state index contributed by atoms with van der Waals surface area (Å²) in [7, 11) is 0. The van der Waals surface area contributed by atoms with Crippen LogP contribution in [0.4, 0.5) is 5.69 Å². The summed E-state index contributed by atoms with van der Waals surface area (Å²) in [6.45, 7) is 1.27. The molecule has 2 amide bonds. The maximum atomic E-state index is 12.2. The Morgan fingerprint density at radius 2 is 1.96 bits per heavy atom.